The largest absolute Gasteiger partial charge is 0.379 e. The second kappa shape index (κ2) is 5.77. The number of anilines is 1. The fraction of sp³-hybridized carbons (Fsp3) is 0.438. The molecular formula is C16H20N2O2. The van der Waals surface area contributed by atoms with Crippen LogP contribution in [0.2, 0.25) is 0 Å². The Balaban J connectivity index is 1.91. The summed E-state index contributed by atoms with van der Waals surface area (Å²) in [5.74, 6) is 0. The van der Waals surface area contributed by atoms with Gasteiger partial charge in [0.15, 0.2) is 0 Å². The molecule has 1 aromatic heterocycles. The number of nitrogens with zero attached hydrogens (tertiary/aromatic N) is 1. The van der Waals surface area contributed by atoms with Gasteiger partial charge in [0, 0.05) is 31.0 Å². The van der Waals surface area contributed by atoms with Gasteiger partial charge in [-0.2, -0.15) is 0 Å². The van der Waals surface area contributed by atoms with Crippen LogP contribution in [0.25, 0.3) is 10.9 Å². The van der Waals surface area contributed by atoms with Crippen molar-refractivity contribution in [1.29, 1.82) is 0 Å². The van der Waals surface area contributed by atoms with Gasteiger partial charge in [-0.15, -0.1) is 0 Å². The molecule has 2 aromatic rings. The zero-order valence-corrected chi connectivity index (χ0v) is 11.9. The Hall–Kier alpha value is -1.65. The van der Waals surface area contributed by atoms with Crippen molar-refractivity contribution in [3.8, 4) is 0 Å². The van der Waals surface area contributed by atoms with E-state index in [2.05, 4.69) is 35.4 Å². The van der Waals surface area contributed by atoms with E-state index in [4.69, 9.17) is 9.47 Å². The molecule has 4 nitrogen and oxygen atoms in total. The van der Waals surface area contributed by atoms with E-state index in [0.717, 1.165) is 29.6 Å². The summed E-state index contributed by atoms with van der Waals surface area (Å²) in [7, 11) is 1.74. The lowest BCUT2D eigenvalue weighted by atomic mass is 10.0. The number of fused-ring (bicyclic) bond motifs is 1. The van der Waals surface area contributed by atoms with Crippen molar-refractivity contribution < 1.29 is 9.47 Å². The van der Waals surface area contributed by atoms with Crippen LogP contribution in [0.5, 0.6) is 0 Å². The monoisotopic (exact) mass is 272 g/mol. The molecule has 1 fully saturated rings. The molecule has 0 unspecified atom stereocenters. The Morgan fingerprint density at radius 1 is 1.35 bits per heavy atom. The number of aromatic nitrogens is 1. The molecule has 1 N–H and O–H groups in total. The maximum Gasteiger partial charge on any atom is 0.101 e. The Bertz CT molecular complexity index is 600. The number of benzene rings is 1. The maximum absolute atomic E-state index is 5.51. The first-order valence-electron chi connectivity index (χ1n) is 7.00. The molecule has 20 heavy (non-hydrogen) atoms. The van der Waals surface area contributed by atoms with E-state index in [1.807, 2.05) is 12.3 Å². The third-order valence-electron chi connectivity index (χ3n) is 3.84. The van der Waals surface area contributed by atoms with E-state index in [0.29, 0.717) is 6.61 Å². The van der Waals surface area contributed by atoms with Crippen LogP contribution in [-0.4, -0.2) is 37.5 Å². The van der Waals surface area contributed by atoms with Crippen molar-refractivity contribution in [3.05, 3.63) is 36.0 Å². The van der Waals surface area contributed by atoms with Crippen LogP contribution in [0.3, 0.4) is 0 Å². The van der Waals surface area contributed by atoms with Crippen molar-refractivity contribution in [2.45, 2.75) is 25.5 Å². The minimum atomic E-state index is 0.0942. The van der Waals surface area contributed by atoms with E-state index >= 15 is 0 Å². The van der Waals surface area contributed by atoms with Crippen LogP contribution in [-0.2, 0) is 9.47 Å². The SMILES string of the molecule is CO[C@H]1COCC[C@@H]1Nc1ccnc2ccc(C)cc12. The molecule has 0 spiro atoms. The highest BCUT2D eigenvalue weighted by molar-refractivity contribution is 5.91. The van der Waals surface area contributed by atoms with Crippen molar-refractivity contribution in [2.24, 2.45) is 0 Å². The standard InChI is InChI=1S/C16H20N2O2/c1-11-3-4-13-12(9-11)14(5-7-17-13)18-15-6-8-20-10-16(15)19-2/h3-5,7,9,15-16H,6,8,10H2,1-2H3,(H,17,18)/t15-,16-/m0/s1. The average molecular weight is 272 g/mol. The lowest BCUT2D eigenvalue weighted by Crippen LogP contribution is -2.43. The third kappa shape index (κ3) is 2.62. The normalized spacial score (nSPS) is 22.9. The molecule has 1 aliphatic heterocycles. The van der Waals surface area contributed by atoms with E-state index in [1.165, 1.54) is 5.56 Å². The molecule has 2 atom stereocenters. The lowest BCUT2D eigenvalue weighted by Gasteiger charge is -2.32. The number of pyridine rings is 1. The molecule has 0 aliphatic carbocycles. The summed E-state index contributed by atoms with van der Waals surface area (Å²) in [6.45, 7) is 3.53. The van der Waals surface area contributed by atoms with Crippen LogP contribution < -0.4 is 5.32 Å². The van der Waals surface area contributed by atoms with Crippen LogP contribution in [0.4, 0.5) is 5.69 Å². The minimum Gasteiger partial charge on any atom is -0.379 e. The molecule has 0 bridgehead atoms. The number of hydrogen-bond acceptors (Lipinski definition) is 4. The number of rotatable bonds is 3. The summed E-state index contributed by atoms with van der Waals surface area (Å²) in [5.41, 5.74) is 3.37. The highest BCUT2D eigenvalue weighted by atomic mass is 16.5. The maximum atomic E-state index is 5.51. The molecule has 2 heterocycles. The third-order valence-corrected chi connectivity index (χ3v) is 3.84. The van der Waals surface area contributed by atoms with Gasteiger partial charge in [0.05, 0.1) is 18.2 Å². The van der Waals surface area contributed by atoms with Crippen molar-refractivity contribution >= 4 is 16.6 Å². The van der Waals surface area contributed by atoms with Gasteiger partial charge in [0.1, 0.15) is 6.10 Å². The van der Waals surface area contributed by atoms with Crippen molar-refractivity contribution in [3.63, 3.8) is 0 Å². The molecule has 4 heteroatoms. The van der Waals surface area contributed by atoms with E-state index in [-0.39, 0.29) is 12.1 Å². The van der Waals surface area contributed by atoms with Gasteiger partial charge in [-0.3, -0.25) is 4.98 Å². The minimum absolute atomic E-state index is 0.0942. The lowest BCUT2D eigenvalue weighted by molar-refractivity contribution is -0.0366. The fourth-order valence-electron chi connectivity index (χ4n) is 2.69. The summed E-state index contributed by atoms with van der Waals surface area (Å²) in [6.07, 6.45) is 2.90. The quantitative estimate of drug-likeness (QED) is 0.933. The van der Waals surface area contributed by atoms with Crippen LogP contribution in [0, 0.1) is 6.92 Å². The van der Waals surface area contributed by atoms with E-state index in [9.17, 15) is 0 Å². The molecule has 1 aromatic carbocycles. The summed E-state index contributed by atoms with van der Waals surface area (Å²) < 4.78 is 11.0. The summed E-state index contributed by atoms with van der Waals surface area (Å²) in [5, 5.41) is 4.77. The molecule has 0 radical (unpaired) electrons. The molecule has 0 amide bonds. The molecule has 3 rings (SSSR count). The van der Waals surface area contributed by atoms with Crippen molar-refractivity contribution in [2.75, 3.05) is 25.6 Å². The Morgan fingerprint density at radius 2 is 2.25 bits per heavy atom. The van der Waals surface area contributed by atoms with Gasteiger partial charge in [0.25, 0.3) is 0 Å². The predicted molar refractivity (Wildman–Crippen MR) is 80.1 cm³/mol. The average Bonchev–Trinajstić information content (AvgIpc) is 2.48. The number of aryl methyl sites for hydroxylation is 1. The first-order valence-corrected chi connectivity index (χ1v) is 7.00. The molecule has 1 aliphatic rings. The molecular weight excluding hydrogens is 252 g/mol. The Morgan fingerprint density at radius 3 is 3.10 bits per heavy atom. The van der Waals surface area contributed by atoms with Gasteiger partial charge in [-0.25, -0.2) is 0 Å². The topological polar surface area (TPSA) is 43.4 Å². The summed E-state index contributed by atoms with van der Waals surface area (Å²) >= 11 is 0. The predicted octanol–water partition coefficient (Wildman–Crippen LogP) is 2.76. The summed E-state index contributed by atoms with van der Waals surface area (Å²) in [6, 6.07) is 8.63. The van der Waals surface area contributed by atoms with Gasteiger partial charge in [0.2, 0.25) is 0 Å². The van der Waals surface area contributed by atoms with Gasteiger partial charge in [-0.05, 0) is 31.5 Å². The highest BCUT2D eigenvalue weighted by Crippen LogP contribution is 2.25. The van der Waals surface area contributed by atoms with E-state index < -0.39 is 0 Å². The van der Waals surface area contributed by atoms with Gasteiger partial charge in [-0.1, -0.05) is 11.6 Å². The van der Waals surface area contributed by atoms with Crippen LogP contribution in [0.1, 0.15) is 12.0 Å². The zero-order valence-electron chi connectivity index (χ0n) is 11.9. The smallest absolute Gasteiger partial charge is 0.101 e. The molecule has 1 saturated heterocycles. The first kappa shape index (κ1) is 13.3. The number of nitrogens with one attached hydrogen (secondary N) is 1. The molecule has 106 valence electrons. The number of ether oxygens (including phenoxy) is 2. The number of methoxy groups -OCH3 is 1. The fourth-order valence-corrected chi connectivity index (χ4v) is 2.69. The van der Waals surface area contributed by atoms with Gasteiger partial charge >= 0.3 is 0 Å². The zero-order chi connectivity index (χ0) is 13.9. The highest BCUT2D eigenvalue weighted by Gasteiger charge is 2.25. The van der Waals surface area contributed by atoms with Crippen LogP contribution in [0.15, 0.2) is 30.5 Å². The molecule has 0 saturated carbocycles. The Labute approximate surface area is 119 Å². The second-order valence-corrected chi connectivity index (χ2v) is 5.27. The van der Waals surface area contributed by atoms with Gasteiger partial charge < -0.3 is 14.8 Å². The summed E-state index contributed by atoms with van der Waals surface area (Å²) in [4.78, 5) is 4.42. The Kier molecular flexibility index (Phi) is 3.85. The van der Waals surface area contributed by atoms with Crippen LogP contribution >= 0.6 is 0 Å². The number of hydrogen-bond donors (Lipinski definition) is 1. The van der Waals surface area contributed by atoms with E-state index in [1.54, 1.807) is 7.11 Å². The van der Waals surface area contributed by atoms with Crippen molar-refractivity contribution in [1.82, 2.24) is 4.98 Å². The first-order chi connectivity index (χ1) is 9.78. The second-order valence-electron chi connectivity index (χ2n) is 5.27.